The topological polar surface area (TPSA) is 29.3 Å². The summed E-state index contributed by atoms with van der Waals surface area (Å²) in [5.74, 6) is 0. The van der Waals surface area contributed by atoms with Crippen LogP contribution in [0.5, 0.6) is 0 Å². The summed E-state index contributed by atoms with van der Waals surface area (Å²) in [7, 11) is 0. The normalized spacial score (nSPS) is 11.3. The summed E-state index contributed by atoms with van der Waals surface area (Å²) in [6.45, 7) is 12.9. The molecule has 0 spiro atoms. The SMILES string of the molecule is Cc1cc(C)c(CN(CCC(N)=S)C(C)C)c(C)c1. The molecule has 19 heavy (non-hydrogen) atoms. The van der Waals surface area contributed by atoms with E-state index in [0.717, 1.165) is 19.5 Å². The van der Waals surface area contributed by atoms with Crippen LogP contribution in [0.2, 0.25) is 0 Å². The number of hydrogen-bond donors (Lipinski definition) is 1. The third-order valence-corrected chi connectivity index (χ3v) is 3.78. The third-order valence-electron chi connectivity index (χ3n) is 3.58. The minimum Gasteiger partial charge on any atom is -0.393 e. The molecule has 0 heterocycles. The maximum Gasteiger partial charge on any atom is 0.0740 e. The molecule has 0 radical (unpaired) electrons. The molecular weight excluding hydrogens is 252 g/mol. The molecule has 0 atom stereocenters. The molecule has 0 aliphatic rings. The Kier molecular flexibility index (Phi) is 5.95. The van der Waals surface area contributed by atoms with Crippen LogP contribution in [0.25, 0.3) is 0 Å². The zero-order valence-electron chi connectivity index (χ0n) is 12.8. The van der Waals surface area contributed by atoms with Gasteiger partial charge in [0, 0.05) is 25.6 Å². The van der Waals surface area contributed by atoms with Gasteiger partial charge in [0.05, 0.1) is 4.99 Å². The molecule has 1 aromatic rings. The highest BCUT2D eigenvalue weighted by molar-refractivity contribution is 7.80. The highest BCUT2D eigenvalue weighted by atomic mass is 32.1. The van der Waals surface area contributed by atoms with Gasteiger partial charge in [0.15, 0.2) is 0 Å². The van der Waals surface area contributed by atoms with Crippen LogP contribution >= 0.6 is 12.2 Å². The third kappa shape index (κ3) is 4.92. The van der Waals surface area contributed by atoms with Crippen molar-refractivity contribution in [1.82, 2.24) is 4.90 Å². The van der Waals surface area contributed by atoms with Crippen molar-refractivity contribution in [1.29, 1.82) is 0 Å². The average Bonchev–Trinajstić information content (AvgIpc) is 2.25. The fraction of sp³-hybridized carbons (Fsp3) is 0.562. The lowest BCUT2D eigenvalue weighted by atomic mass is 9.99. The Bertz CT molecular complexity index is 429. The first-order valence-corrected chi connectivity index (χ1v) is 7.31. The van der Waals surface area contributed by atoms with Gasteiger partial charge >= 0.3 is 0 Å². The molecule has 0 bridgehead atoms. The lowest BCUT2D eigenvalue weighted by molar-refractivity contribution is 0.218. The van der Waals surface area contributed by atoms with Crippen molar-refractivity contribution in [3.63, 3.8) is 0 Å². The van der Waals surface area contributed by atoms with Gasteiger partial charge in [0.1, 0.15) is 0 Å². The van der Waals surface area contributed by atoms with E-state index in [1.807, 2.05) is 0 Å². The molecule has 3 heteroatoms. The fourth-order valence-corrected chi connectivity index (χ4v) is 2.53. The van der Waals surface area contributed by atoms with Gasteiger partial charge in [-0.3, -0.25) is 4.90 Å². The molecule has 0 saturated carbocycles. The summed E-state index contributed by atoms with van der Waals surface area (Å²) in [4.78, 5) is 3.03. The molecule has 1 aromatic carbocycles. The van der Waals surface area contributed by atoms with Crippen LogP contribution in [0, 0.1) is 20.8 Å². The molecule has 1 rings (SSSR count). The summed E-state index contributed by atoms with van der Waals surface area (Å²) in [6.07, 6.45) is 0.789. The second kappa shape index (κ2) is 7.01. The van der Waals surface area contributed by atoms with Crippen LogP contribution in [0.4, 0.5) is 0 Å². The van der Waals surface area contributed by atoms with E-state index in [1.165, 1.54) is 22.3 Å². The Balaban J connectivity index is 2.87. The van der Waals surface area contributed by atoms with Gasteiger partial charge in [-0.25, -0.2) is 0 Å². The van der Waals surface area contributed by atoms with Crippen molar-refractivity contribution in [2.24, 2.45) is 5.73 Å². The number of hydrogen-bond acceptors (Lipinski definition) is 2. The quantitative estimate of drug-likeness (QED) is 0.808. The Morgan fingerprint density at radius 2 is 1.74 bits per heavy atom. The summed E-state index contributed by atoms with van der Waals surface area (Å²) < 4.78 is 0. The number of rotatable bonds is 6. The van der Waals surface area contributed by atoms with Crippen LogP contribution in [-0.2, 0) is 6.54 Å². The van der Waals surface area contributed by atoms with E-state index < -0.39 is 0 Å². The van der Waals surface area contributed by atoms with E-state index in [-0.39, 0.29) is 0 Å². The van der Waals surface area contributed by atoms with Crippen molar-refractivity contribution in [2.45, 2.75) is 53.6 Å². The minimum absolute atomic E-state index is 0.495. The second-order valence-corrected chi connectivity index (χ2v) is 6.18. The van der Waals surface area contributed by atoms with Gasteiger partial charge in [0.25, 0.3) is 0 Å². The highest BCUT2D eigenvalue weighted by Gasteiger charge is 2.13. The Morgan fingerprint density at radius 3 is 2.16 bits per heavy atom. The number of nitrogens with two attached hydrogens (primary N) is 1. The van der Waals surface area contributed by atoms with E-state index in [0.29, 0.717) is 11.0 Å². The molecule has 2 nitrogen and oxygen atoms in total. The van der Waals surface area contributed by atoms with Gasteiger partial charge < -0.3 is 5.73 Å². The van der Waals surface area contributed by atoms with Crippen LogP contribution in [0.1, 0.15) is 42.5 Å². The lowest BCUT2D eigenvalue weighted by Crippen LogP contribution is -2.33. The Morgan fingerprint density at radius 1 is 1.21 bits per heavy atom. The molecule has 0 unspecified atom stereocenters. The predicted molar refractivity (Wildman–Crippen MR) is 87.6 cm³/mol. The first-order valence-electron chi connectivity index (χ1n) is 6.90. The highest BCUT2D eigenvalue weighted by Crippen LogP contribution is 2.19. The van der Waals surface area contributed by atoms with Crippen molar-refractivity contribution in [3.8, 4) is 0 Å². The summed E-state index contributed by atoms with van der Waals surface area (Å²) >= 11 is 4.98. The average molecular weight is 278 g/mol. The number of thiocarbonyl (C=S) groups is 1. The van der Waals surface area contributed by atoms with Crippen molar-refractivity contribution in [2.75, 3.05) is 6.54 Å². The molecule has 106 valence electrons. The zero-order chi connectivity index (χ0) is 14.6. The van der Waals surface area contributed by atoms with Crippen LogP contribution in [0.15, 0.2) is 12.1 Å². The monoisotopic (exact) mass is 278 g/mol. The molecule has 0 amide bonds. The van der Waals surface area contributed by atoms with Gasteiger partial charge in [-0.05, 0) is 51.3 Å². The van der Waals surface area contributed by atoms with E-state index in [4.69, 9.17) is 18.0 Å². The molecular formula is C16H26N2S. The van der Waals surface area contributed by atoms with Crippen LogP contribution < -0.4 is 5.73 Å². The van der Waals surface area contributed by atoms with Crippen molar-refractivity contribution in [3.05, 3.63) is 34.4 Å². The summed E-state index contributed by atoms with van der Waals surface area (Å²) in [5, 5.41) is 0. The van der Waals surface area contributed by atoms with E-state index in [9.17, 15) is 0 Å². The Labute approximate surface area is 123 Å². The van der Waals surface area contributed by atoms with Crippen molar-refractivity contribution < 1.29 is 0 Å². The fourth-order valence-electron chi connectivity index (χ4n) is 2.44. The molecule has 0 aliphatic heterocycles. The van der Waals surface area contributed by atoms with E-state index in [2.05, 4.69) is 51.7 Å². The van der Waals surface area contributed by atoms with E-state index in [1.54, 1.807) is 0 Å². The molecule has 0 aromatic heterocycles. The summed E-state index contributed by atoms with van der Waals surface area (Å²) in [6, 6.07) is 5.01. The van der Waals surface area contributed by atoms with Gasteiger partial charge in [-0.1, -0.05) is 29.9 Å². The van der Waals surface area contributed by atoms with Crippen LogP contribution in [-0.4, -0.2) is 22.5 Å². The van der Waals surface area contributed by atoms with Crippen LogP contribution in [0.3, 0.4) is 0 Å². The van der Waals surface area contributed by atoms with Gasteiger partial charge in [-0.15, -0.1) is 0 Å². The standard InChI is InChI=1S/C16H26N2S/c1-11(2)18(7-6-16(17)19)10-15-13(4)8-12(3)9-14(15)5/h8-9,11H,6-7,10H2,1-5H3,(H2,17,19). The van der Waals surface area contributed by atoms with E-state index >= 15 is 0 Å². The first-order chi connectivity index (χ1) is 8.81. The number of aryl methyl sites for hydroxylation is 3. The maximum absolute atomic E-state index is 5.62. The van der Waals surface area contributed by atoms with Gasteiger partial charge in [-0.2, -0.15) is 0 Å². The zero-order valence-corrected chi connectivity index (χ0v) is 13.6. The predicted octanol–water partition coefficient (Wildman–Crippen LogP) is 3.50. The van der Waals surface area contributed by atoms with Gasteiger partial charge in [0.2, 0.25) is 0 Å². The van der Waals surface area contributed by atoms with Crippen molar-refractivity contribution >= 4 is 17.2 Å². The summed E-state index contributed by atoms with van der Waals surface area (Å²) in [5.41, 5.74) is 11.1. The lowest BCUT2D eigenvalue weighted by Gasteiger charge is -2.28. The number of benzene rings is 1. The molecule has 0 saturated heterocycles. The number of nitrogens with zero attached hydrogens (tertiary/aromatic N) is 1. The maximum atomic E-state index is 5.62. The minimum atomic E-state index is 0.495. The largest absolute Gasteiger partial charge is 0.393 e. The first kappa shape index (κ1) is 16.1. The molecule has 0 fully saturated rings. The second-order valence-electron chi connectivity index (χ2n) is 5.66. The molecule has 0 aliphatic carbocycles. The Hall–Kier alpha value is -0.930. The smallest absolute Gasteiger partial charge is 0.0740 e. The molecule has 2 N–H and O–H groups in total.